The van der Waals surface area contributed by atoms with E-state index < -0.39 is 0 Å². The van der Waals surface area contributed by atoms with E-state index >= 15 is 0 Å². The van der Waals surface area contributed by atoms with E-state index in [1.807, 2.05) is 31.5 Å². The number of thiazole rings is 1. The average Bonchev–Trinajstić information content (AvgIpc) is 3.35. The fourth-order valence-electron chi connectivity index (χ4n) is 2.47. The quantitative estimate of drug-likeness (QED) is 0.596. The Balaban J connectivity index is 1.57. The lowest BCUT2D eigenvalue weighted by molar-refractivity contribution is 0.102. The number of carbonyl (C=O) groups is 1. The van der Waals surface area contributed by atoms with Crippen LogP contribution in [0.2, 0.25) is 0 Å². The Morgan fingerprint density at radius 2 is 2.19 bits per heavy atom. The SMILES string of the molecule is Cc1cccnc1-c1csc(NC(=O)c2cnoc2-c2cn(C)cn2)n1. The maximum absolute atomic E-state index is 12.6. The molecular weight excluding hydrogens is 352 g/mol. The molecule has 8 nitrogen and oxygen atoms in total. The molecule has 0 aliphatic carbocycles. The Labute approximate surface area is 152 Å². The van der Waals surface area contributed by atoms with Crippen LogP contribution in [-0.2, 0) is 7.05 Å². The molecule has 0 atom stereocenters. The summed E-state index contributed by atoms with van der Waals surface area (Å²) >= 11 is 1.33. The molecule has 4 rings (SSSR count). The third-order valence-electron chi connectivity index (χ3n) is 3.73. The van der Waals surface area contributed by atoms with Crippen molar-refractivity contribution in [3.63, 3.8) is 0 Å². The van der Waals surface area contributed by atoms with Crippen LogP contribution in [0.1, 0.15) is 15.9 Å². The van der Waals surface area contributed by atoms with Crippen LogP contribution in [0.25, 0.3) is 22.8 Å². The zero-order valence-electron chi connectivity index (χ0n) is 14.0. The number of pyridine rings is 1. The van der Waals surface area contributed by atoms with E-state index in [0.29, 0.717) is 22.1 Å². The molecule has 4 aromatic rings. The minimum absolute atomic E-state index is 0.300. The topological polar surface area (TPSA) is 98.7 Å². The summed E-state index contributed by atoms with van der Waals surface area (Å²) in [4.78, 5) is 25.6. The number of aromatic nitrogens is 5. The molecule has 0 unspecified atom stereocenters. The highest BCUT2D eigenvalue weighted by molar-refractivity contribution is 7.14. The summed E-state index contributed by atoms with van der Waals surface area (Å²) in [6, 6.07) is 3.84. The molecule has 0 fully saturated rings. The Hall–Kier alpha value is -3.33. The molecule has 0 spiro atoms. The second-order valence-electron chi connectivity index (χ2n) is 5.65. The number of aryl methyl sites for hydroxylation is 2. The number of hydrogen-bond acceptors (Lipinski definition) is 7. The third-order valence-corrected chi connectivity index (χ3v) is 4.49. The number of anilines is 1. The molecule has 0 aromatic carbocycles. The van der Waals surface area contributed by atoms with Crippen molar-refractivity contribution in [2.24, 2.45) is 7.05 Å². The minimum Gasteiger partial charge on any atom is -0.354 e. The number of carbonyl (C=O) groups excluding carboxylic acids is 1. The van der Waals surface area contributed by atoms with Crippen LogP contribution < -0.4 is 5.32 Å². The number of rotatable bonds is 4. The number of nitrogens with zero attached hydrogens (tertiary/aromatic N) is 5. The molecule has 130 valence electrons. The van der Waals surface area contributed by atoms with Crippen LogP contribution in [0.5, 0.6) is 0 Å². The summed E-state index contributed by atoms with van der Waals surface area (Å²) in [6.07, 6.45) is 6.47. The van der Waals surface area contributed by atoms with Gasteiger partial charge in [0.1, 0.15) is 17.0 Å². The lowest BCUT2D eigenvalue weighted by Gasteiger charge is -2.01. The first-order chi connectivity index (χ1) is 12.6. The lowest BCUT2D eigenvalue weighted by Crippen LogP contribution is -2.12. The Morgan fingerprint density at radius 1 is 1.31 bits per heavy atom. The normalized spacial score (nSPS) is 10.8. The molecule has 0 saturated carbocycles. The van der Waals surface area contributed by atoms with E-state index in [2.05, 4.69) is 25.4 Å². The first-order valence-electron chi connectivity index (χ1n) is 7.73. The summed E-state index contributed by atoms with van der Waals surface area (Å²) in [5, 5.41) is 8.83. The van der Waals surface area contributed by atoms with Gasteiger partial charge in [0.2, 0.25) is 0 Å². The largest absolute Gasteiger partial charge is 0.354 e. The van der Waals surface area contributed by atoms with Gasteiger partial charge in [-0.2, -0.15) is 0 Å². The first-order valence-corrected chi connectivity index (χ1v) is 8.61. The fourth-order valence-corrected chi connectivity index (χ4v) is 3.16. The van der Waals surface area contributed by atoms with E-state index in [4.69, 9.17) is 4.52 Å². The Bertz CT molecular complexity index is 1080. The Morgan fingerprint density at radius 3 is 2.96 bits per heavy atom. The van der Waals surface area contributed by atoms with Crippen molar-refractivity contribution in [2.75, 3.05) is 5.32 Å². The molecule has 0 radical (unpaired) electrons. The molecule has 4 heterocycles. The van der Waals surface area contributed by atoms with Crippen LogP contribution in [0, 0.1) is 6.92 Å². The standard InChI is InChI=1S/C17H14N6O2S/c1-10-4-3-5-18-14(10)13-8-26-17(21-13)22-16(24)11-6-20-25-15(11)12-7-23(2)9-19-12/h3-9H,1-2H3,(H,21,22,24). The number of hydrogen-bond donors (Lipinski definition) is 1. The second kappa shape index (κ2) is 6.52. The lowest BCUT2D eigenvalue weighted by atomic mass is 10.2. The van der Waals surface area contributed by atoms with Gasteiger partial charge in [0.25, 0.3) is 5.91 Å². The smallest absolute Gasteiger partial charge is 0.263 e. The summed E-state index contributed by atoms with van der Waals surface area (Å²) in [5.41, 5.74) is 3.38. The van der Waals surface area contributed by atoms with Gasteiger partial charge in [-0.05, 0) is 18.6 Å². The molecule has 9 heteroatoms. The van der Waals surface area contributed by atoms with Gasteiger partial charge in [-0.1, -0.05) is 11.2 Å². The van der Waals surface area contributed by atoms with Gasteiger partial charge in [-0.15, -0.1) is 11.3 Å². The molecule has 1 N–H and O–H groups in total. The van der Waals surface area contributed by atoms with Crippen molar-refractivity contribution >= 4 is 22.4 Å². The monoisotopic (exact) mass is 366 g/mol. The van der Waals surface area contributed by atoms with Crippen molar-refractivity contribution in [2.45, 2.75) is 6.92 Å². The van der Waals surface area contributed by atoms with Crippen molar-refractivity contribution in [3.05, 3.63) is 53.6 Å². The zero-order chi connectivity index (χ0) is 18.1. The van der Waals surface area contributed by atoms with Crippen LogP contribution >= 0.6 is 11.3 Å². The van der Waals surface area contributed by atoms with E-state index in [0.717, 1.165) is 17.0 Å². The molecule has 0 aliphatic rings. The molecule has 0 bridgehead atoms. The van der Waals surface area contributed by atoms with E-state index in [1.54, 1.807) is 23.3 Å². The van der Waals surface area contributed by atoms with Crippen LogP contribution in [-0.4, -0.2) is 30.6 Å². The molecule has 1 amide bonds. The first kappa shape index (κ1) is 16.2. The predicted molar refractivity (Wildman–Crippen MR) is 96.7 cm³/mol. The second-order valence-corrected chi connectivity index (χ2v) is 6.51. The van der Waals surface area contributed by atoms with Crippen LogP contribution in [0.4, 0.5) is 5.13 Å². The summed E-state index contributed by atoms with van der Waals surface area (Å²) < 4.78 is 6.97. The van der Waals surface area contributed by atoms with Gasteiger partial charge >= 0.3 is 0 Å². The van der Waals surface area contributed by atoms with E-state index in [-0.39, 0.29) is 5.91 Å². The third kappa shape index (κ3) is 3.00. The van der Waals surface area contributed by atoms with Gasteiger partial charge in [0, 0.05) is 24.8 Å². The zero-order valence-corrected chi connectivity index (χ0v) is 14.8. The summed E-state index contributed by atoms with van der Waals surface area (Å²) in [7, 11) is 1.84. The van der Waals surface area contributed by atoms with E-state index in [1.165, 1.54) is 17.5 Å². The van der Waals surface area contributed by atoms with Crippen molar-refractivity contribution in [1.29, 1.82) is 0 Å². The minimum atomic E-state index is -0.356. The predicted octanol–water partition coefficient (Wildman–Crippen LogP) is 3.15. The van der Waals surface area contributed by atoms with Crippen LogP contribution in [0.3, 0.4) is 0 Å². The highest BCUT2D eigenvalue weighted by atomic mass is 32.1. The van der Waals surface area contributed by atoms with Gasteiger partial charge in [-0.25, -0.2) is 9.97 Å². The maximum Gasteiger partial charge on any atom is 0.263 e. The van der Waals surface area contributed by atoms with Gasteiger partial charge < -0.3 is 9.09 Å². The summed E-state index contributed by atoms with van der Waals surface area (Å²) in [5.74, 6) is -0.0361. The molecular formula is C17H14N6O2S. The summed E-state index contributed by atoms with van der Waals surface area (Å²) in [6.45, 7) is 1.97. The highest BCUT2D eigenvalue weighted by Crippen LogP contribution is 2.27. The average molecular weight is 366 g/mol. The van der Waals surface area contributed by atoms with E-state index in [9.17, 15) is 4.79 Å². The maximum atomic E-state index is 12.6. The molecule has 4 aromatic heterocycles. The fraction of sp³-hybridized carbons (Fsp3) is 0.118. The number of imidazole rings is 1. The van der Waals surface area contributed by atoms with Gasteiger partial charge in [0.15, 0.2) is 10.9 Å². The van der Waals surface area contributed by atoms with Crippen LogP contribution in [0.15, 0.2) is 47.0 Å². The molecule has 26 heavy (non-hydrogen) atoms. The van der Waals surface area contributed by atoms with Gasteiger partial charge in [0.05, 0.1) is 18.2 Å². The van der Waals surface area contributed by atoms with Crippen molar-refractivity contribution in [1.82, 2.24) is 24.7 Å². The highest BCUT2D eigenvalue weighted by Gasteiger charge is 2.21. The Kier molecular flexibility index (Phi) is 4.05. The van der Waals surface area contributed by atoms with Crippen molar-refractivity contribution in [3.8, 4) is 22.8 Å². The molecule has 0 aliphatic heterocycles. The number of nitrogens with one attached hydrogen (secondary N) is 1. The molecule has 0 saturated heterocycles. The number of amides is 1. The van der Waals surface area contributed by atoms with Gasteiger partial charge in [-0.3, -0.25) is 15.1 Å². The van der Waals surface area contributed by atoms with Crippen molar-refractivity contribution < 1.29 is 9.32 Å².